The summed E-state index contributed by atoms with van der Waals surface area (Å²) in [5, 5.41) is 3.39. The first-order chi connectivity index (χ1) is 9.24. The summed E-state index contributed by atoms with van der Waals surface area (Å²) < 4.78 is 13.7. The van der Waals surface area contributed by atoms with E-state index in [1.165, 1.54) is 16.5 Å². The van der Waals surface area contributed by atoms with Gasteiger partial charge in [-0.2, -0.15) is 0 Å². The zero-order chi connectivity index (χ0) is 13.2. The molecule has 3 rings (SSSR count). The fraction of sp³-hybridized carbons (Fsp3) is 0.200. The SMILES string of the molecule is Fc1ccc(NCC2CSc3ccccc32)cc1Br. The molecular formula is C15H13BrFNS. The summed E-state index contributed by atoms with van der Waals surface area (Å²) in [4.78, 5) is 1.38. The van der Waals surface area contributed by atoms with Crippen molar-refractivity contribution in [2.45, 2.75) is 10.8 Å². The second-order valence-corrected chi connectivity index (χ2v) is 6.47. The molecule has 1 aliphatic rings. The number of hydrogen-bond acceptors (Lipinski definition) is 2. The van der Waals surface area contributed by atoms with Crippen LogP contribution in [-0.2, 0) is 0 Å². The van der Waals surface area contributed by atoms with Gasteiger partial charge in [-0.1, -0.05) is 18.2 Å². The molecule has 1 nitrogen and oxygen atoms in total. The smallest absolute Gasteiger partial charge is 0.137 e. The number of thioether (sulfide) groups is 1. The van der Waals surface area contributed by atoms with Crippen LogP contribution in [0.2, 0.25) is 0 Å². The molecule has 2 aromatic carbocycles. The first kappa shape index (κ1) is 13.0. The Bertz CT molecular complexity index is 602. The maximum Gasteiger partial charge on any atom is 0.137 e. The first-order valence-electron chi connectivity index (χ1n) is 6.14. The predicted octanol–water partition coefficient (Wildman–Crippen LogP) is 4.89. The highest BCUT2D eigenvalue weighted by atomic mass is 79.9. The van der Waals surface area contributed by atoms with E-state index in [4.69, 9.17) is 0 Å². The van der Waals surface area contributed by atoms with Crippen LogP contribution in [-0.4, -0.2) is 12.3 Å². The number of fused-ring (bicyclic) bond motifs is 1. The zero-order valence-electron chi connectivity index (χ0n) is 10.2. The van der Waals surface area contributed by atoms with E-state index >= 15 is 0 Å². The van der Waals surface area contributed by atoms with Crippen LogP contribution in [0.3, 0.4) is 0 Å². The van der Waals surface area contributed by atoms with E-state index < -0.39 is 0 Å². The second-order valence-electron chi connectivity index (χ2n) is 4.56. The summed E-state index contributed by atoms with van der Waals surface area (Å²) in [5.41, 5.74) is 2.36. The number of halogens is 2. The van der Waals surface area contributed by atoms with Gasteiger partial charge in [0.15, 0.2) is 0 Å². The van der Waals surface area contributed by atoms with Gasteiger partial charge in [0.2, 0.25) is 0 Å². The number of hydrogen-bond donors (Lipinski definition) is 1. The highest BCUT2D eigenvalue weighted by Crippen LogP contribution is 2.39. The first-order valence-corrected chi connectivity index (χ1v) is 7.92. The zero-order valence-corrected chi connectivity index (χ0v) is 12.6. The van der Waals surface area contributed by atoms with Crippen molar-refractivity contribution in [2.75, 3.05) is 17.6 Å². The molecule has 0 radical (unpaired) electrons. The third-order valence-corrected chi connectivity index (χ3v) is 5.13. The van der Waals surface area contributed by atoms with Crippen LogP contribution in [0.4, 0.5) is 10.1 Å². The molecule has 0 saturated carbocycles. The van der Waals surface area contributed by atoms with E-state index in [0.717, 1.165) is 18.0 Å². The number of anilines is 1. The highest BCUT2D eigenvalue weighted by molar-refractivity contribution is 9.10. The van der Waals surface area contributed by atoms with Gasteiger partial charge in [0, 0.05) is 28.8 Å². The van der Waals surface area contributed by atoms with Crippen molar-refractivity contribution in [1.29, 1.82) is 0 Å². The standard InChI is InChI=1S/C15H13BrFNS/c16-13-7-11(5-6-14(13)17)18-8-10-9-19-15-4-2-1-3-12(10)15/h1-7,10,18H,8-9H2. The van der Waals surface area contributed by atoms with Gasteiger partial charge in [0.1, 0.15) is 5.82 Å². The summed E-state index contributed by atoms with van der Waals surface area (Å²) in [6.45, 7) is 0.877. The van der Waals surface area contributed by atoms with Crippen molar-refractivity contribution in [3.8, 4) is 0 Å². The van der Waals surface area contributed by atoms with E-state index in [9.17, 15) is 4.39 Å². The molecule has 0 amide bonds. The van der Waals surface area contributed by atoms with Crippen molar-refractivity contribution < 1.29 is 4.39 Å². The van der Waals surface area contributed by atoms with Crippen LogP contribution < -0.4 is 5.32 Å². The molecule has 0 aromatic heterocycles. The Morgan fingerprint density at radius 3 is 2.95 bits per heavy atom. The number of benzene rings is 2. The van der Waals surface area contributed by atoms with Crippen LogP contribution >= 0.6 is 27.7 Å². The minimum Gasteiger partial charge on any atom is -0.384 e. The van der Waals surface area contributed by atoms with Crippen molar-refractivity contribution in [3.05, 3.63) is 58.3 Å². The quantitative estimate of drug-likeness (QED) is 0.855. The lowest BCUT2D eigenvalue weighted by Crippen LogP contribution is -2.12. The van der Waals surface area contributed by atoms with Gasteiger partial charge in [-0.3, -0.25) is 0 Å². The summed E-state index contributed by atoms with van der Waals surface area (Å²) in [6.07, 6.45) is 0. The third kappa shape index (κ3) is 2.79. The Morgan fingerprint density at radius 2 is 2.11 bits per heavy atom. The molecule has 1 N–H and O–H groups in total. The molecular weight excluding hydrogens is 325 g/mol. The van der Waals surface area contributed by atoms with Crippen molar-refractivity contribution in [3.63, 3.8) is 0 Å². The van der Waals surface area contributed by atoms with E-state index in [2.05, 4.69) is 45.5 Å². The van der Waals surface area contributed by atoms with Crippen molar-refractivity contribution in [1.82, 2.24) is 0 Å². The monoisotopic (exact) mass is 337 g/mol. The Kier molecular flexibility index (Phi) is 3.80. The summed E-state index contributed by atoms with van der Waals surface area (Å²) in [5.74, 6) is 1.40. The van der Waals surface area contributed by atoms with E-state index in [1.54, 1.807) is 12.1 Å². The van der Waals surface area contributed by atoms with E-state index in [-0.39, 0.29) is 5.82 Å². The van der Waals surface area contributed by atoms with Gasteiger partial charge in [-0.15, -0.1) is 11.8 Å². The average Bonchev–Trinajstić information content (AvgIpc) is 2.83. The van der Waals surface area contributed by atoms with Gasteiger partial charge < -0.3 is 5.32 Å². The Labute approximate surface area is 124 Å². The van der Waals surface area contributed by atoms with Crippen molar-refractivity contribution >= 4 is 33.4 Å². The molecule has 0 aliphatic carbocycles. The Hall–Kier alpha value is -1.00. The lowest BCUT2D eigenvalue weighted by Gasteiger charge is -2.13. The van der Waals surface area contributed by atoms with Crippen molar-refractivity contribution in [2.24, 2.45) is 0 Å². The van der Waals surface area contributed by atoms with Crippen LogP contribution in [0.25, 0.3) is 0 Å². The van der Waals surface area contributed by atoms with Gasteiger partial charge in [-0.05, 0) is 45.8 Å². The van der Waals surface area contributed by atoms with E-state index in [0.29, 0.717) is 10.4 Å². The molecule has 1 unspecified atom stereocenters. The molecule has 4 heteroatoms. The molecule has 19 heavy (non-hydrogen) atoms. The summed E-state index contributed by atoms with van der Waals surface area (Å²) in [7, 11) is 0. The molecule has 0 spiro atoms. The van der Waals surface area contributed by atoms with Crippen LogP contribution in [0, 0.1) is 5.82 Å². The molecule has 1 atom stereocenters. The lowest BCUT2D eigenvalue weighted by molar-refractivity contribution is 0.621. The molecule has 1 heterocycles. The fourth-order valence-electron chi connectivity index (χ4n) is 2.25. The third-order valence-electron chi connectivity index (χ3n) is 3.27. The molecule has 2 aromatic rings. The van der Waals surface area contributed by atoms with Crippen LogP contribution in [0.5, 0.6) is 0 Å². The highest BCUT2D eigenvalue weighted by Gasteiger charge is 2.22. The minimum absolute atomic E-state index is 0.229. The topological polar surface area (TPSA) is 12.0 Å². The Balaban J connectivity index is 1.69. The normalized spacial score (nSPS) is 17.3. The minimum atomic E-state index is -0.229. The molecule has 98 valence electrons. The maximum absolute atomic E-state index is 13.2. The second kappa shape index (κ2) is 5.55. The number of nitrogens with one attached hydrogen (secondary N) is 1. The van der Waals surface area contributed by atoms with Gasteiger partial charge in [-0.25, -0.2) is 4.39 Å². The summed E-state index contributed by atoms with van der Waals surface area (Å²) >= 11 is 5.11. The van der Waals surface area contributed by atoms with Crippen LogP contribution in [0.1, 0.15) is 11.5 Å². The molecule has 1 aliphatic heterocycles. The Morgan fingerprint density at radius 1 is 1.26 bits per heavy atom. The van der Waals surface area contributed by atoms with Gasteiger partial charge in [0.25, 0.3) is 0 Å². The molecule has 0 saturated heterocycles. The summed E-state index contributed by atoms with van der Waals surface area (Å²) in [6, 6.07) is 13.6. The fourth-order valence-corrected chi connectivity index (χ4v) is 3.88. The predicted molar refractivity (Wildman–Crippen MR) is 82.5 cm³/mol. The van der Waals surface area contributed by atoms with Gasteiger partial charge in [0.05, 0.1) is 4.47 Å². The lowest BCUT2D eigenvalue weighted by atomic mass is 10.0. The largest absolute Gasteiger partial charge is 0.384 e. The van der Waals surface area contributed by atoms with Crippen LogP contribution in [0.15, 0.2) is 51.8 Å². The van der Waals surface area contributed by atoms with Gasteiger partial charge >= 0.3 is 0 Å². The molecule has 0 fully saturated rings. The molecule has 0 bridgehead atoms. The number of rotatable bonds is 3. The maximum atomic E-state index is 13.2. The average molecular weight is 338 g/mol. The van der Waals surface area contributed by atoms with E-state index in [1.807, 2.05) is 11.8 Å².